The Morgan fingerprint density at radius 2 is 2.00 bits per heavy atom. The Morgan fingerprint density at radius 1 is 1.16 bits per heavy atom. The van der Waals surface area contributed by atoms with Gasteiger partial charge in [0.1, 0.15) is 5.75 Å². The molecule has 0 atom stereocenters. The fourth-order valence-corrected chi connectivity index (χ4v) is 3.63. The zero-order valence-corrected chi connectivity index (χ0v) is 15.1. The second-order valence-corrected chi connectivity index (χ2v) is 7.13. The molecule has 0 aliphatic heterocycles. The van der Waals surface area contributed by atoms with E-state index in [0.717, 1.165) is 28.6 Å². The quantitative estimate of drug-likeness (QED) is 0.560. The van der Waals surface area contributed by atoms with E-state index in [1.807, 2.05) is 30.3 Å². The van der Waals surface area contributed by atoms with Gasteiger partial charge in [-0.05, 0) is 42.7 Å². The number of rotatable bonds is 7. The minimum atomic E-state index is -0.327. The van der Waals surface area contributed by atoms with Crippen molar-refractivity contribution in [2.75, 3.05) is 5.32 Å². The number of anilines is 1. The van der Waals surface area contributed by atoms with Crippen molar-refractivity contribution in [3.63, 3.8) is 0 Å². The summed E-state index contributed by atoms with van der Waals surface area (Å²) in [4.78, 5) is 16.9. The van der Waals surface area contributed by atoms with Gasteiger partial charge in [0.15, 0.2) is 5.13 Å². The number of nitrogens with one attached hydrogen (secondary N) is 1. The third-order valence-corrected chi connectivity index (χ3v) is 5.09. The van der Waals surface area contributed by atoms with Crippen LogP contribution in [0.5, 0.6) is 5.75 Å². The van der Waals surface area contributed by atoms with Crippen LogP contribution in [0.4, 0.5) is 5.13 Å². The Labute approximate surface area is 151 Å². The first-order chi connectivity index (χ1) is 12.2. The summed E-state index contributed by atoms with van der Waals surface area (Å²) in [6, 6.07) is 13.0. The molecule has 5 heteroatoms. The molecule has 3 rings (SSSR count). The van der Waals surface area contributed by atoms with Gasteiger partial charge in [-0.1, -0.05) is 55.7 Å². The van der Waals surface area contributed by atoms with Crippen molar-refractivity contribution in [3.05, 3.63) is 53.6 Å². The van der Waals surface area contributed by atoms with Gasteiger partial charge in [-0.25, -0.2) is 4.98 Å². The minimum Gasteiger partial charge on any atom is -0.507 e. The number of carbonyl (C=O) groups is 1. The number of phenols is 1. The van der Waals surface area contributed by atoms with Gasteiger partial charge in [0, 0.05) is 0 Å². The van der Waals surface area contributed by atoms with E-state index in [2.05, 4.69) is 17.2 Å². The van der Waals surface area contributed by atoms with Crippen LogP contribution >= 0.6 is 11.3 Å². The molecule has 4 nitrogen and oxygen atoms in total. The van der Waals surface area contributed by atoms with Crippen LogP contribution in [-0.4, -0.2) is 16.0 Å². The molecule has 130 valence electrons. The maximum Gasteiger partial charge on any atom is 0.261 e. The number of para-hydroxylation sites is 1. The lowest BCUT2D eigenvalue weighted by molar-refractivity contribution is 0.102. The number of aromatic nitrogens is 1. The van der Waals surface area contributed by atoms with Crippen molar-refractivity contribution in [1.29, 1.82) is 0 Å². The molecule has 3 aromatic rings. The van der Waals surface area contributed by atoms with Crippen LogP contribution in [0.15, 0.2) is 42.5 Å². The molecule has 0 bridgehead atoms. The molecule has 2 aromatic carbocycles. The molecule has 1 heterocycles. The highest BCUT2D eigenvalue weighted by Gasteiger charge is 2.14. The van der Waals surface area contributed by atoms with Crippen molar-refractivity contribution >= 4 is 32.6 Å². The van der Waals surface area contributed by atoms with Gasteiger partial charge in [0.2, 0.25) is 0 Å². The minimum absolute atomic E-state index is 0.00378. The summed E-state index contributed by atoms with van der Waals surface area (Å²) in [5.74, 6) is -0.331. The van der Waals surface area contributed by atoms with E-state index in [1.54, 1.807) is 12.1 Å². The molecule has 0 spiro atoms. The van der Waals surface area contributed by atoms with Crippen LogP contribution in [0.2, 0.25) is 0 Å². The van der Waals surface area contributed by atoms with Gasteiger partial charge in [-0.2, -0.15) is 0 Å². The highest BCUT2D eigenvalue weighted by molar-refractivity contribution is 7.22. The lowest BCUT2D eigenvalue weighted by Gasteiger charge is -2.07. The monoisotopic (exact) mass is 354 g/mol. The third kappa shape index (κ3) is 4.37. The van der Waals surface area contributed by atoms with Gasteiger partial charge >= 0.3 is 0 Å². The average Bonchev–Trinajstić information content (AvgIpc) is 3.02. The smallest absolute Gasteiger partial charge is 0.261 e. The van der Waals surface area contributed by atoms with Crippen LogP contribution in [-0.2, 0) is 6.42 Å². The average molecular weight is 354 g/mol. The Morgan fingerprint density at radius 3 is 2.80 bits per heavy atom. The number of phenolic OH excluding ortho intramolecular Hbond substituents is 1. The van der Waals surface area contributed by atoms with Crippen molar-refractivity contribution in [2.24, 2.45) is 0 Å². The van der Waals surface area contributed by atoms with Gasteiger partial charge < -0.3 is 5.11 Å². The van der Waals surface area contributed by atoms with E-state index < -0.39 is 0 Å². The highest BCUT2D eigenvalue weighted by atomic mass is 32.1. The maximum absolute atomic E-state index is 12.5. The number of aromatic hydroxyl groups is 1. The van der Waals surface area contributed by atoms with Crippen LogP contribution in [0, 0.1) is 0 Å². The number of hydrogen-bond acceptors (Lipinski definition) is 4. The topological polar surface area (TPSA) is 62.2 Å². The van der Waals surface area contributed by atoms with E-state index in [4.69, 9.17) is 0 Å². The number of amides is 1. The predicted octanol–water partition coefficient (Wildman–Crippen LogP) is 5.38. The van der Waals surface area contributed by atoms with Crippen molar-refractivity contribution < 1.29 is 9.90 Å². The van der Waals surface area contributed by atoms with Crippen molar-refractivity contribution in [1.82, 2.24) is 4.98 Å². The SMILES string of the molecule is CCCCCCc1ccc(O)c(C(=O)Nc2nc3ccccc3s2)c1. The first-order valence-corrected chi connectivity index (χ1v) is 9.48. The van der Waals surface area contributed by atoms with Crippen LogP contribution in [0.25, 0.3) is 10.2 Å². The fourth-order valence-electron chi connectivity index (χ4n) is 2.77. The Balaban J connectivity index is 1.72. The number of hydrogen-bond donors (Lipinski definition) is 2. The third-order valence-electron chi connectivity index (χ3n) is 4.14. The second kappa shape index (κ2) is 8.12. The van der Waals surface area contributed by atoms with Gasteiger partial charge in [-0.15, -0.1) is 0 Å². The van der Waals surface area contributed by atoms with E-state index >= 15 is 0 Å². The fraction of sp³-hybridized carbons (Fsp3) is 0.300. The standard InChI is InChI=1S/C20H22N2O2S/c1-2-3-4-5-8-14-11-12-17(23)15(13-14)19(24)22-20-21-16-9-6-7-10-18(16)25-20/h6-7,9-13,23H,2-5,8H2,1H3,(H,21,22,24). The largest absolute Gasteiger partial charge is 0.507 e. The van der Waals surface area contributed by atoms with E-state index in [0.29, 0.717) is 10.7 Å². The van der Waals surface area contributed by atoms with Gasteiger partial charge in [-0.3, -0.25) is 10.1 Å². The Kier molecular flexibility index (Phi) is 5.66. The molecule has 0 aliphatic carbocycles. The molecule has 0 saturated heterocycles. The lowest BCUT2D eigenvalue weighted by atomic mass is 10.0. The number of benzene rings is 2. The van der Waals surface area contributed by atoms with Crippen molar-refractivity contribution in [3.8, 4) is 5.75 Å². The molecule has 1 aromatic heterocycles. The first-order valence-electron chi connectivity index (χ1n) is 8.66. The number of thiazole rings is 1. The van der Waals surface area contributed by atoms with Crippen LogP contribution in [0.3, 0.4) is 0 Å². The number of nitrogens with zero attached hydrogens (tertiary/aromatic N) is 1. The van der Waals surface area contributed by atoms with Crippen LogP contribution in [0.1, 0.15) is 48.5 Å². The summed E-state index contributed by atoms with van der Waals surface area (Å²) in [5.41, 5.74) is 2.23. The predicted molar refractivity (Wildman–Crippen MR) is 104 cm³/mol. The molecule has 0 radical (unpaired) electrons. The summed E-state index contributed by atoms with van der Waals surface area (Å²) in [6.45, 7) is 2.19. The van der Waals surface area contributed by atoms with Gasteiger partial charge in [0.25, 0.3) is 5.91 Å². The van der Waals surface area contributed by atoms with Gasteiger partial charge in [0.05, 0.1) is 15.8 Å². The molecule has 0 fully saturated rings. The Bertz CT molecular complexity index is 840. The van der Waals surface area contributed by atoms with E-state index in [9.17, 15) is 9.90 Å². The van der Waals surface area contributed by atoms with Crippen LogP contribution < -0.4 is 5.32 Å². The lowest BCUT2D eigenvalue weighted by Crippen LogP contribution is -2.12. The number of unbranched alkanes of at least 4 members (excludes halogenated alkanes) is 3. The number of aryl methyl sites for hydroxylation is 1. The highest BCUT2D eigenvalue weighted by Crippen LogP contribution is 2.27. The zero-order valence-electron chi connectivity index (χ0n) is 14.3. The molecule has 0 unspecified atom stereocenters. The number of fused-ring (bicyclic) bond motifs is 1. The maximum atomic E-state index is 12.5. The summed E-state index contributed by atoms with van der Waals surface area (Å²) < 4.78 is 1.02. The van der Waals surface area contributed by atoms with Crippen molar-refractivity contribution in [2.45, 2.75) is 39.0 Å². The molecular weight excluding hydrogens is 332 g/mol. The van der Waals surface area contributed by atoms with E-state index in [-0.39, 0.29) is 11.7 Å². The summed E-state index contributed by atoms with van der Waals surface area (Å²) >= 11 is 1.42. The van der Waals surface area contributed by atoms with E-state index in [1.165, 1.54) is 30.6 Å². The summed E-state index contributed by atoms with van der Waals surface area (Å²) in [7, 11) is 0. The molecule has 2 N–H and O–H groups in total. The first kappa shape index (κ1) is 17.4. The molecule has 0 saturated carbocycles. The number of carbonyl (C=O) groups excluding carboxylic acids is 1. The summed E-state index contributed by atoms with van der Waals surface area (Å²) in [5, 5.41) is 13.4. The normalized spacial score (nSPS) is 10.9. The molecular formula is C20H22N2O2S. The Hall–Kier alpha value is -2.40. The summed E-state index contributed by atoms with van der Waals surface area (Å²) in [6.07, 6.45) is 5.62. The molecule has 0 aliphatic rings. The molecule has 1 amide bonds. The zero-order chi connectivity index (χ0) is 17.6. The second-order valence-electron chi connectivity index (χ2n) is 6.10. The molecule has 25 heavy (non-hydrogen) atoms.